The van der Waals surface area contributed by atoms with E-state index >= 15 is 0 Å². The summed E-state index contributed by atoms with van der Waals surface area (Å²) in [5.41, 5.74) is 0.391. The number of hydrogen-bond acceptors (Lipinski definition) is 2. The van der Waals surface area contributed by atoms with E-state index in [9.17, 15) is 9.90 Å². The molecule has 0 saturated heterocycles. The van der Waals surface area contributed by atoms with Gasteiger partial charge in [-0.3, -0.25) is 4.79 Å². The molecule has 2 rings (SSSR count). The van der Waals surface area contributed by atoms with Crippen molar-refractivity contribution in [2.45, 2.75) is 37.7 Å². The first-order chi connectivity index (χ1) is 5.21. The molecule has 0 aromatic carbocycles. The van der Waals surface area contributed by atoms with Crippen molar-refractivity contribution < 1.29 is 9.90 Å². The largest absolute Gasteiger partial charge is 0.385 e. The highest BCUT2D eigenvalue weighted by molar-refractivity contribution is 5.92. The quantitative estimate of drug-likeness (QED) is 0.566. The fourth-order valence-electron chi connectivity index (χ4n) is 2.05. The molecule has 0 aromatic heterocycles. The highest BCUT2D eigenvalue weighted by atomic mass is 16.3. The second kappa shape index (κ2) is 2.18. The summed E-state index contributed by atoms with van der Waals surface area (Å²) in [5, 5.41) is 9.91. The third kappa shape index (κ3) is 1.02. The number of aliphatic hydroxyl groups is 1. The van der Waals surface area contributed by atoms with Gasteiger partial charge in [0.05, 0.1) is 5.60 Å². The summed E-state index contributed by atoms with van der Waals surface area (Å²) in [7, 11) is 0. The number of allylic oxidation sites excluding steroid dienone is 1. The van der Waals surface area contributed by atoms with Crippen LogP contribution in [0.1, 0.15) is 32.1 Å². The Bertz CT molecular complexity index is 230. The molecule has 0 bridgehead atoms. The van der Waals surface area contributed by atoms with Crippen molar-refractivity contribution >= 4 is 5.78 Å². The summed E-state index contributed by atoms with van der Waals surface area (Å²) in [6.45, 7) is 0. The molecule has 11 heavy (non-hydrogen) atoms. The van der Waals surface area contributed by atoms with Gasteiger partial charge in [0, 0.05) is 6.42 Å². The molecule has 0 heterocycles. The number of carbonyl (C=O) groups excluding carboxylic acids is 1. The highest BCUT2D eigenvalue weighted by Crippen LogP contribution is 2.40. The maximum absolute atomic E-state index is 11.0. The monoisotopic (exact) mass is 152 g/mol. The van der Waals surface area contributed by atoms with E-state index in [0.717, 1.165) is 24.8 Å². The molecule has 1 unspecified atom stereocenters. The molecule has 0 radical (unpaired) electrons. The van der Waals surface area contributed by atoms with E-state index < -0.39 is 5.60 Å². The topological polar surface area (TPSA) is 37.3 Å². The Morgan fingerprint density at radius 1 is 1.36 bits per heavy atom. The van der Waals surface area contributed by atoms with E-state index in [1.54, 1.807) is 6.08 Å². The molecule has 2 aliphatic carbocycles. The van der Waals surface area contributed by atoms with Gasteiger partial charge in [0.2, 0.25) is 0 Å². The molecule has 2 heteroatoms. The van der Waals surface area contributed by atoms with Gasteiger partial charge >= 0.3 is 0 Å². The van der Waals surface area contributed by atoms with E-state index in [1.165, 1.54) is 0 Å². The Hall–Kier alpha value is -0.630. The summed E-state index contributed by atoms with van der Waals surface area (Å²) < 4.78 is 0. The van der Waals surface area contributed by atoms with Gasteiger partial charge in [-0.1, -0.05) is 0 Å². The Morgan fingerprint density at radius 2 is 2.18 bits per heavy atom. The zero-order chi connectivity index (χ0) is 7.90. The minimum absolute atomic E-state index is 0.187. The van der Waals surface area contributed by atoms with Crippen LogP contribution in [0.15, 0.2) is 11.6 Å². The highest BCUT2D eigenvalue weighted by Gasteiger charge is 2.38. The average Bonchev–Trinajstić information content (AvgIpc) is 2.31. The van der Waals surface area contributed by atoms with Crippen molar-refractivity contribution in [1.82, 2.24) is 0 Å². The van der Waals surface area contributed by atoms with Gasteiger partial charge in [-0.05, 0) is 37.3 Å². The van der Waals surface area contributed by atoms with Crippen LogP contribution in [0.2, 0.25) is 0 Å². The van der Waals surface area contributed by atoms with E-state index in [0.29, 0.717) is 12.8 Å². The summed E-state index contributed by atoms with van der Waals surface area (Å²) >= 11 is 0. The predicted molar refractivity (Wildman–Crippen MR) is 41.1 cm³/mol. The number of fused-ring (bicyclic) bond motifs is 1. The lowest BCUT2D eigenvalue weighted by Gasteiger charge is -2.27. The summed E-state index contributed by atoms with van der Waals surface area (Å²) in [4.78, 5) is 11.0. The van der Waals surface area contributed by atoms with Gasteiger partial charge in [-0.2, -0.15) is 0 Å². The van der Waals surface area contributed by atoms with Crippen molar-refractivity contribution in [3.8, 4) is 0 Å². The molecule has 1 fully saturated rings. The molecule has 1 atom stereocenters. The van der Waals surface area contributed by atoms with Gasteiger partial charge in [0.15, 0.2) is 5.78 Å². The Labute approximate surface area is 65.9 Å². The average molecular weight is 152 g/mol. The molecule has 1 N–H and O–H groups in total. The van der Waals surface area contributed by atoms with Crippen molar-refractivity contribution in [3.05, 3.63) is 11.6 Å². The van der Waals surface area contributed by atoms with Crippen molar-refractivity contribution in [3.63, 3.8) is 0 Å². The van der Waals surface area contributed by atoms with Gasteiger partial charge in [0.25, 0.3) is 0 Å². The van der Waals surface area contributed by atoms with Crippen molar-refractivity contribution in [2.75, 3.05) is 0 Å². The van der Waals surface area contributed by atoms with Crippen LogP contribution in [0.3, 0.4) is 0 Å². The lowest BCUT2D eigenvalue weighted by Crippen LogP contribution is -2.30. The molecule has 2 nitrogen and oxygen atoms in total. The standard InChI is InChI=1S/C9H12O2/c10-8-3-5-9(11)4-1-2-7(9)6-8/h6,11H,1-5H2. The first-order valence-corrected chi connectivity index (χ1v) is 4.17. The SMILES string of the molecule is O=C1C=C2CCCC2(O)CC1. The van der Waals surface area contributed by atoms with Crippen molar-refractivity contribution in [1.29, 1.82) is 0 Å². The van der Waals surface area contributed by atoms with Crippen LogP contribution in [-0.2, 0) is 4.79 Å². The van der Waals surface area contributed by atoms with E-state index in [1.807, 2.05) is 0 Å². The summed E-state index contributed by atoms with van der Waals surface area (Å²) in [6.07, 6.45) is 5.64. The number of hydrogen-bond donors (Lipinski definition) is 1. The van der Waals surface area contributed by atoms with Crippen LogP contribution in [0.4, 0.5) is 0 Å². The Morgan fingerprint density at radius 3 is 3.00 bits per heavy atom. The summed E-state index contributed by atoms with van der Waals surface area (Å²) in [6, 6.07) is 0. The number of ketones is 1. The zero-order valence-corrected chi connectivity index (χ0v) is 6.47. The lowest BCUT2D eigenvalue weighted by atomic mass is 9.85. The van der Waals surface area contributed by atoms with Gasteiger partial charge < -0.3 is 5.11 Å². The minimum Gasteiger partial charge on any atom is -0.385 e. The van der Waals surface area contributed by atoms with E-state index in [4.69, 9.17) is 0 Å². The van der Waals surface area contributed by atoms with Crippen molar-refractivity contribution in [2.24, 2.45) is 0 Å². The van der Waals surface area contributed by atoms with Crippen LogP contribution in [0, 0.1) is 0 Å². The molecule has 1 saturated carbocycles. The molecule has 60 valence electrons. The maximum Gasteiger partial charge on any atom is 0.155 e. The summed E-state index contributed by atoms with van der Waals surface area (Å²) in [5.74, 6) is 0.187. The van der Waals surface area contributed by atoms with E-state index in [2.05, 4.69) is 0 Å². The van der Waals surface area contributed by atoms with Crippen LogP contribution in [-0.4, -0.2) is 16.5 Å². The molecule has 0 aromatic rings. The van der Waals surface area contributed by atoms with Gasteiger partial charge in [-0.25, -0.2) is 0 Å². The fourth-order valence-corrected chi connectivity index (χ4v) is 2.05. The van der Waals surface area contributed by atoms with Crippen LogP contribution < -0.4 is 0 Å². The molecule has 2 aliphatic rings. The third-order valence-corrected chi connectivity index (χ3v) is 2.75. The van der Waals surface area contributed by atoms with Crippen LogP contribution in [0.25, 0.3) is 0 Å². The third-order valence-electron chi connectivity index (χ3n) is 2.75. The molecule has 0 spiro atoms. The zero-order valence-electron chi connectivity index (χ0n) is 6.47. The first kappa shape index (κ1) is 7.04. The van der Waals surface area contributed by atoms with Gasteiger partial charge in [0.1, 0.15) is 0 Å². The number of rotatable bonds is 0. The Kier molecular flexibility index (Phi) is 1.39. The second-order valence-electron chi connectivity index (χ2n) is 3.52. The normalized spacial score (nSPS) is 36.8. The number of carbonyl (C=O) groups is 1. The molecule has 0 amide bonds. The van der Waals surface area contributed by atoms with E-state index in [-0.39, 0.29) is 5.78 Å². The van der Waals surface area contributed by atoms with Gasteiger partial charge in [-0.15, -0.1) is 0 Å². The molecule has 0 aliphatic heterocycles. The minimum atomic E-state index is -0.589. The first-order valence-electron chi connectivity index (χ1n) is 4.17. The maximum atomic E-state index is 11.0. The van der Waals surface area contributed by atoms with Crippen LogP contribution >= 0.6 is 0 Å². The lowest BCUT2D eigenvalue weighted by molar-refractivity contribution is -0.116. The second-order valence-corrected chi connectivity index (χ2v) is 3.52. The fraction of sp³-hybridized carbons (Fsp3) is 0.667. The Balaban J connectivity index is 2.34. The van der Waals surface area contributed by atoms with Crippen LogP contribution in [0.5, 0.6) is 0 Å². The molecular weight excluding hydrogens is 140 g/mol. The predicted octanol–water partition coefficient (Wildman–Crippen LogP) is 1.19. The smallest absolute Gasteiger partial charge is 0.155 e. The molecular formula is C9H12O2.